The molecule has 1 fully saturated rings. The van der Waals surface area contributed by atoms with E-state index in [1.165, 1.54) is 11.6 Å². The molecule has 38 heavy (non-hydrogen) atoms. The van der Waals surface area contributed by atoms with Crippen LogP contribution < -0.4 is 10.6 Å². The molecule has 200 valence electrons. The molecular weight excluding hydrogens is 502 g/mol. The lowest BCUT2D eigenvalue weighted by Crippen LogP contribution is -2.41. The number of anilines is 2. The Labute approximate surface area is 229 Å². The van der Waals surface area contributed by atoms with E-state index in [1.807, 2.05) is 50.2 Å². The molecule has 0 spiro atoms. The van der Waals surface area contributed by atoms with Gasteiger partial charge in [0.15, 0.2) is 0 Å². The number of hydrogen-bond donors (Lipinski definition) is 2. The van der Waals surface area contributed by atoms with Crippen LogP contribution in [0.1, 0.15) is 25.0 Å². The monoisotopic (exact) mass is 535 g/mol. The average Bonchev–Trinajstić information content (AvgIpc) is 2.93. The van der Waals surface area contributed by atoms with E-state index in [1.54, 1.807) is 6.20 Å². The molecule has 0 radical (unpaired) electrons. The first-order valence-electron chi connectivity index (χ1n) is 12.7. The van der Waals surface area contributed by atoms with Gasteiger partial charge in [0.2, 0.25) is 5.95 Å². The number of morpholine rings is 1. The zero-order valence-corrected chi connectivity index (χ0v) is 22.6. The first-order chi connectivity index (χ1) is 18.3. The summed E-state index contributed by atoms with van der Waals surface area (Å²) in [7, 11) is 0. The fourth-order valence-electron chi connectivity index (χ4n) is 4.17. The van der Waals surface area contributed by atoms with Gasteiger partial charge < -0.3 is 20.1 Å². The Morgan fingerprint density at radius 2 is 1.87 bits per heavy atom. The van der Waals surface area contributed by atoms with Crippen LogP contribution in [0.4, 0.5) is 16.4 Å². The van der Waals surface area contributed by atoms with Crippen molar-refractivity contribution in [2.24, 2.45) is 0 Å². The molecule has 2 N–H and O–H groups in total. The summed E-state index contributed by atoms with van der Waals surface area (Å²) >= 11 is 6.45. The highest BCUT2D eigenvalue weighted by molar-refractivity contribution is 6.32. The predicted octanol–water partition coefficient (Wildman–Crippen LogP) is 5.56. The molecule has 1 saturated heterocycles. The smallest absolute Gasteiger partial charge is 0.408 e. The topological polar surface area (TPSA) is 88.6 Å². The summed E-state index contributed by atoms with van der Waals surface area (Å²) in [6, 6.07) is 16.0. The van der Waals surface area contributed by atoms with Crippen LogP contribution in [0.25, 0.3) is 11.3 Å². The average molecular weight is 536 g/mol. The van der Waals surface area contributed by atoms with Crippen molar-refractivity contribution in [1.82, 2.24) is 20.2 Å². The zero-order chi connectivity index (χ0) is 27.0. The number of aromatic nitrogens is 2. The first kappa shape index (κ1) is 27.6. The van der Waals surface area contributed by atoms with E-state index in [0.29, 0.717) is 16.7 Å². The lowest BCUT2D eigenvalue weighted by Gasteiger charge is -2.26. The van der Waals surface area contributed by atoms with Crippen molar-refractivity contribution in [3.05, 3.63) is 83.5 Å². The molecule has 0 unspecified atom stereocenters. The van der Waals surface area contributed by atoms with Gasteiger partial charge in [-0.2, -0.15) is 0 Å². The molecule has 1 aliphatic rings. The van der Waals surface area contributed by atoms with E-state index in [0.717, 1.165) is 56.1 Å². The highest BCUT2D eigenvalue weighted by Gasteiger charge is 2.24. The number of carbonyl (C=O) groups is 1. The quantitative estimate of drug-likeness (QED) is 0.328. The number of benzene rings is 2. The van der Waals surface area contributed by atoms with Gasteiger partial charge in [0.25, 0.3) is 0 Å². The second kappa shape index (κ2) is 12.9. The number of nitrogens with zero attached hydrogens (tertiary/aromatic N) is 3. The van der Waals surface area contributed by atoms with E-state index in [-0.39, 0.29) is 6.61 Å². The van der Waals surface area contributed by atoms with Crippen molar-refractivity contribution in [1.29, 1.82) is 0 Å². The van der Waals surface area contributed by atoms with Gasteiger partial charge in [0, 0.05) is 30.9 Å². The highest BCUT2D eigenvalue weighted by Crippen LogP contribution is 2.29. The number of amides is 1. The minimum Gasteiger partial charge on any atom is -0.445 e. The molecule has 1 aliphatic heterocycles. The number of rotatable bonds is 10. The van der Waals surface area contributed by atoms with Crippen LogP contribution in [-0.4, -0.2) is 60.4 Å². The number of alkyl carbamates (subject to hydrolysis) is 1. The van der Waals surface area contributed by atoms with Crippen LogP contribution in [0.15, 0.2) is 67.4 Å². The van der Waals surface area contributed by atoms with E-state index >= 15 is 0 Å². The van der Waals surface area contributed by atoms with E-state index in [2.05, 4.69) is 44.2 Å². The highest BCUT2D eigenvalue weighted by atomic mass is 35.5. The Morgan fingerprint density at radius 3 is 2.55 bits per heavy atom. The molecule has 1 aromatic heterocycles. The Hall–Kier alpha value is -3.46. The van der Waals surface area contributed by atoms with Gasteiger partial charge in [0.1, 0.15) is 6.61 Å². The molecule has 2 aromatic carbocycles. The summed E-state index contributed by atoms with van der Waals surface area (Å²) in [6.45, 7) is 12.2. The Bertz CT molecular complexity index is 1230. The summed E-state index contributed by atoms with van der Waals surface area (Å²) in [5.74, 6) is 0.460. The third kappa shape index (κ3) is 7.54. The Balaban J connectivity index is 1.40. The largest absolute Gasteiger partial charge is 0.445 e. The lowest BCUT2D eigenvalue weighted by atomic mass is 9.93. The van der Waals surface area contributed by atoms with Gasteiger partial charge >= 0.3 is 6.09 Å². The molecule has 0 saturated carbocycles. The number of hydrogen-bond acceptors (Lipinski definition) is 7. The van der Waals surface area contributed by atoms with Crippen LogP contribution in [0, 0.1) is 0 Å². The molecule has 3 aromatic rings. The van der Waals surface area contributed by atoms with Gasteiger partial charge in [-0.05, 0) is 43.5 Å². The number of ether oxygens (including phenoxy) is 2. The standard InChI is InChI=1S/C29H34ClN5O3/c1-4-17-38-28(36)34-29(2,3)23-9-7-22(8-10-23)26-25(30)20-31-27(33-26)32-24-11-5-21(6-12-24)13-14-35-15-18-37-19-16-35/h4-12,20H,1,13-19H2,2-3H3,(H,34,36)(H,31,32,33). The normalized spacial score (nSPS) is 14.1. The second-order valence-electron chi connectivity index (χ2n) is 9.63. The van der Waals surface area contributed by atoms with Crippen molar-refractivity contribution in [2.45, 2.75) is 25.8 Å². The van der Waals surface area contributed by atoms with E-state index < -0.39 is 11.6 Å². The molecule has 2 heterocycles. The lowest BCUT2D eigenvalue weighted by molar-refractivity contribution is 0.0384. The zero-order valence-electron chi connectivity index (χ0n) is 21.9. The second-order valence-corrected chi connectivity index (χ2v) is 10.0. The third-order valence-corrected chi connectivity index (χ3v) is 6.68. The van der Waals surface area contributed by atoms with E-state index in [4.69, 9.17) is 21.1 Å². The Morgan fingerprint density at radius 1 is 1.16 bits per heavy atom. The van der Waals surface area contributed by atoms with Crippen LogP contribution >= 0.6 is 11.6 Å². The fraction of sp³-hybridized carbons (Fsp3) is 0.345. The maximum Gasteiger partial charge on any atom is 0.408 e. The van der Waals surface area contributed by atoms with Crippen LogP contribution in [-0.2, 0) is 21.4 Å². The van der Waals surface area contributed by atoms with Crippen LogP contribution in [0.3, 0.4) is 0 Å². The summed E-state index contributed by atoms with van der Waals surface area (Å²) in [6.07, 6.45) is 3.62. The van der Waals surface area contributed by atoms with E-state index in [9.17, 15) is 4.79 Å². The first-order valence-corrected chi connectivity index (χ1v) is 13.1. The summed E-state index contributed by atoms with van der Waals surface area (Å²) < 4.78 is 10.5. The molecule has 8 nitrogen and oxygen atoms in total. The summed E-state index contributed by atoms with van der Waals surface area (Å²) in [4.78, 5) is 23.4. The fourth-order valence-corrected chi connectivity index (χ4v) is 4.37. The molecule has 0 aliphatic carbocycles. The van der Waals surface area contributed by atoms with Gasteiger partial charge in [0.05, 0.1) is 35.7 Å². The number of nitrogens with one attached hydrogen (secondary N) is 2. The van der Waals surface area contributed by atoms with Gasteiger partial charge in [-0.25, -0.2) is 14.8 Å². The van der Waals surface area contributed by atoms with Crippen molar-refractivity contribution in [2.75, 3.05) is 44.8 Å². The maximum absolute atomic E-state index is 12.0. The van der Waals surface area contributed by atoms with Crippen molar-refractivity contribution >= 4 is 29.3 Å². The molecule has 0 atom stereocenters. The minimum absolute atomic E-state index is 0.155. The number of halogens is 1. The summed E-state index contributed by atoms with van der Waals surface area (Å²) in [5.41, 5.74) is 3.93. The van der Waals surface area contributed by atoms with Crippen LogP contribution in [0.5, 0.6) is 0 Å². The Kier molecular flexibility index (Phi) is 9.33. The van der Waals surface area contributed by atoms with Crippen molar-refractivity contribution in [3.63, 3.8) is 0 Å². The number of carbonyl (C=O) groups excluding carboxylic acids is 1. The SMILES string of the molecule is C=CCOC(=O)NC(C)(C)c1ccc(-c2nc(Nc3ccc(CCN4CCOCC4)cc3)ncc2Cl)cc1. The molecule has 4 rings (SSSR count). The molecular formula is C29H34ClN5O3. The third-order valence-electron chi connectivity index (χ3n) is 6.40. The van der Waals surface area contributed by atoms with Crippen molar-refractivity contribution < 1.29 is 14.3 Å². The van der Waals surface area contributed by atoms with Gasteiger partial charge in [-0.3, -0.25) is 4.90 Å². The summed E-state index contributed by atoms with van der Waals surface area (Å²) in [5, 5.41) is 6.59. The van der Waals surface area contributed by atoms with Crippen LogP contribution in [0.2, 0.25) is 5.02 Å². The molecule has 9 heteroatoms. The minimum atomic E-state index is -0.632. The molecule has 1 amide bonds. The van der Waals surface area contributed by atoms with Gasteiger partial charge in [-0.15, -0.1) is 0 Å². The van der Waals surface area contributed by atoms with Crippen molar-refractivity contribution in [3.8, 4) is 11.3 Å². The maximum atomic E-state index is 12.0. The molecule has 0 bridgehead atoms. The van der Waals surface area contributed by atoms with Gasteiger partial charge in [-0.1, -0.05) is 60.7 Å². The predicted molar refractivity (Wildman–Crippen MR) is 151 cm³/mol.